The molecule has 9 heteroatoms. The lowest BCUT2D eigenvalue weighted by atomic mass is 9.85. The molecule has 186 valence electrons. The van der Waals surface area contributed by atoms with Crippen LogP contribution in [0.15, 0.2) is 82.5 Å². The van der Waals surface area contributed by atoms with Crippen molar-refractivity contribution in [3.05, 3.63) is 112 Å². The number of nitrogens with two attached hydrogens (primary N) is 1. The number of aromatic nitrogens is 1. The van der Waals surface area contributed by atoms with E-state index in [-0.39, 0.29) is 18.2 Å². The van der Waals surface area contributed by atoms with E-state index in [1.54, 1.807) is 24.0 Å². The summed E-state index contributed by atoms with van der Waals surface area (Å²) in [6.07, 6.45) is 0. The standard InChI is InChI=1S/C28H22F2N4O3/c1-16-33-26-25(21(14-31)27(32)34(28(26)37-16)20-6-4-3-5-7-20)17-8-10-23(35-2)18(12-17)15-36-24-11-9-19(29)13-22(24)30/h3-13,25H,15,32H2,1-2H3. The van der Waals surface area contributed by atoms with E-state index in [0.717, 1.165) is 17.8 Å². The number of rotatable bonds is 6. The zero-order chi connectivity index (χ0) is 26.1. The fourth-order valence-electron chi connectivity index (χ4n) is 4.41. The number of fused-ring (bicyclic) bond motifs is 1. The smallest absolute Gasteiger partial charge is 0.230 e. The Balaban J connectivity index is 1.58. The van der Waals surface area contributed by atoms with Gasteiger partial charge in [-0.25, -0.2) is 13.8 Å². The molecule has 3 aromatic carbocycles. The molecule has 0 amide bonds. The predicted octanol–water partition coefficient (Wildman–Crippen LogP) is 5.83. The molecule has 1 aliphatic heterocycles. The Morgan fingerprint density at radius 2 is 1.84 bits per heavy atom. The van der Waals surface area contributed by atoms with Gasteiger partial charge in [0.2, 0.25) is 5.88 Å². The van der Waals surface area contributed by atoms with Crippen molar-refractivity contribution in [2.45, 2.75) is 19.4 Å². The number of allylic oxidation sites excluding steroid dienone is 1. The molecular weight excluding hydrogens is 478 g/mol. The van der Waals surface area contributed by atoms with E-state index in [0.29, 0.717) is 39.9 Å². The van der Waals surface area contributed by atoms with Gasteiger partial charge in [0.25, 0.3) is 0 Å². The summed E-state index contributed by atoms with van der Waals surface area (Å²) in [5.74, 6) is -0.652. The number of halogens is 2. The molecule has 0 spiro atoms. The van der Waals surface area contributed by atoms with Crippen LogP contribution in [0.5, 0.6) is 11.5 Å². The van der Waals surface area contributed by atoms with Crippen molar-refractivity contribution in [1.29, 1.82) is 5.26 Å². The van der Waals surface area contributed by atoms with Crippen LogP contribution >= 0.6 is 0 Å². The van der Waals surface area contributed by atoms with Crippen LogP contribution < -0.4 is 20.1 Å². The van der Waals surface area contributed by atoms with E-state index in [1.807, 2.05) is 36.4 Å². The van der Waals surface area contributed by atoms with Crippen LogP contribution in [-0.2, 0) is 6.61 Å². The van der Waals surface area contributed by atoms with Crippen molar-refractivity contribution in [3.63, 3.8) is 0 Å². The monoisotopic (exact) mass is 500 g/mol. The van der Waals surface area contributed by atoms with Crippen LogP contribution in [-0.4, -0.2) is 12.1 Å². The zero-order valence-corrected chi connectivity index (χ0v) is 20.0. The van der Waals surface area contributed by atoms with Gasteiger partial charge in [0.15, 0.2) is 17.5 Å². The van der Waals surface area contributed by atoms with E-state index < -0.39 is 17.6 Å². The summed E-state index contributed by atoms with van der Waals surface area (Å²) in [4.78, 5) is 6.28. The van der Waals surface area contributed by atoms with Crippen LogP contribution in [0.3, 0.4) is 0 Å². The van der Waals surface area contributed by atoms with E-state index >= 15 is 0 Å². The van der Waals surface area contributed by atoms with Crippen molar-refractivity contribution in [1.82, 2.24) is 4.98 Å². The Morgan fingerprint density at radius 1 is 1.08 bits per heavy atom. The van der Waals surface area contributed by atoms with Crippen molar-refractivity contribution in [2.75, 3.05) is 12.0 Å². The maximum atomic E-state index is 14.1. The maximum Gasteiger partial charge on any atom is 0.230 e. The molecule has 7 nitrogen and oxygen atoms in total. The number of hydrogen-bond donors (Lipinski definition) is 1. The van der Waals surface area contributed by atoms with Gasteiger partial charge in [-0.15, -0.1) is 0 Å². The lowest BCUT2D eigenvalue weighted by Crippen LogP contribution is -2.31. The van der Waals surface area contributed by atoms with Gasteiger partial charge in [-0.05, 0) is 42.0 Å². The Labute approximate surface area is 212 Å². The van der Waals surface area contributed by atoms with E-state index in [1.165, 1.54) is 13.2 Å². The number of nitrogens with zero attached hydrogens (tertiary/aromatic N) is 3. The molecule has 0 radical (unpaired) electrons. The first kappa shape index (κ1) is 23.9. The normalized spacial score (nSPS) is 14.8. The summed E-state index contributed by atoms with van der Waals surface area (Å²) in [6, 6.07) is 20.0. The molecule has 4 aromatic rings. The summed E-state index contributed by atoms with van der Waals surface area (Å²) in [6.45, 7) is 1.67. The number of methoxy groups -OCH3 is 1. The lowest BCUT2D eigenvalue weighted by Gasteiger charge is -2.31. The van der Waals surface area contributed by atoms with Gasteiger partial charge < -0.3 is 19.6 Å². The number of nitriles is 1. The van der Waals surface area contributed by atoms with Crippen LogP contribution in [0.25, 0.3) is 0 Å². The summed E-state index contributed by atoms with van der Waals surface area (Å²) in [5, 5.41) is 10.2. The summed E-state index contributed by atoms with van der Waals surface area (Å²) >= 11 is 0. The van der Waals surface area contributed by atoms with Crippen molar-refractivity contribution in [3.8, 4) is 17.6 Å². The first-order valence-electron chi connectivity index (χ1n) is 11.4. The van der Waals surface area contributed by atoms with Gasteiger partial charge >= 0.3 is 0 Å². The lowest BCUT2D eigenvalue weighted by molar-refractivity contribution is 0.281. The second kappa shape index (κ2) is 9.66. The molecule has 2 heterocycles. The fraction of sp³-hybridized carbons (Fsp3) is 0.143. The highest BCUT2D eigenvalue weighted by Crippen LogP contribution is 2.46. The highest BCUT2D eigenvalue weighted by Gasteiger charge is 2.38. The molecule has 5 rings (SSSR count). The number of anilines is 2. The second-order valence-electron chi connectivity index (χ2n) is 8.37. The minimum Gasteiger partial charge on any atom is -0.496 e. The third-order valence-electron chi connectivity index (χ3n) is 6.07. The third-order valence-corrected chi connectivity index (χ3v) is 6.07. The zero-order valence-electron chi connectivity index (χ0n) is 20.0. The molecule has 0 saturated heterocycles. The van der Waals surface area contributed by atoms with Gasteiger partial charge in [-0.3, -0.25) is 4.90 Å². The van der Waals surface area contributed by atoms with Crippen molar-refractivity contribution in [2.24, 2.45) is 5.73 Å². The van der Waals surface area contributed by atoms with Gasteiger partial charge in [-0.1, -0.05) is 24.3 Å². The Hall–Kier alpha value is -4.84. The third kappa shape index (κ3) is 4.34. The molecular formula is C28H22F2N4O3. The van der Waals surface area contributed by atoms with E-state index in [9.17, 15) is 14.0 Å². The minimum atomic E-state index is -0.811. The Morgan fingerprint density at radius 3 is 2.54 bits per heavy atom. The molecule has 0 bridgehead atoms. The van der Waals surface area contributed by atoms with Gasteiger partial charge in [0, 0.05) is 18.6 Å². The van der Waals surface area contributed by atoms with Gasteiger partial charge in [0.1, 0.15) is 29.7 Å². The maximum absolute atomic E-state index is 14.1. The second-order valence-corrected chi connectivity index (χ2v) is 8.37. The first-order chi connectivity index (χ1) is 17.9. The molecule has 1 aliphatic rings. The van der Waals surface area contributed by atoms with Crippen molar-refractivity contribution >= 4 is 11.6 Å². The molecule has 37 heavy (non-hydrogen) atoms. The first-order valence-corrected chi connectivity index (χ1v) is 11.4. The van der Waals surface area contributed by atoms with Crippen LogP contribution in [0, 0.1) is 29.9 Å². The predicted molar refractivity (Wildman–Crippen MR) is 132 cm³/mol. The molecule has 1 aromatic heterocycles. The van der Waals surface area contributed by atoms with Crippen LogP contribution in [0.2, 0.25) is 0 Å². The molecule has 1 atom stereocenters. The highest BCUT2D eigenvalue weighted by atomic mass is 19.1. The average Bonchev–Trinajstić information content (AvgIpc) is 3.28. The molecule has 0 saturated carbocycles. The van der Waals surface area contributed by atoms with E-state index in [4.69, 9.17) is 19.6 Å². The van der Waals surface area contributed by atoms with Gasteiger partial charge in [0.05, 0.1) is 30.4 Å². The molecule has 0 fully saturated rings. The van der Waals surface area contributed by atoms with Crippen molar-refractivity contribution < 1.29 is 22.7 Å². The topological polar surface area (TPSA) is 97.5 Å². The quantitative estimate of drug-likeness (QED) is 0.356. The number of ether oxygens (including phenoxy) is 2. The van der Waals surface area contributed by atoms with E-state index in [2.05, 4.69) is 11.1 Å². The Bertz CT molecular complexity index is 1540. The molecule has 0 aliphatic carbocycles. The minimum absolute atomic E-state index is 0.0613. The van der Waals surface area contributed by atoms with Crippen LogP contribution in [0.4, 0.5) is 20.4 Å². The molecule has 2 N–H and O–H groups in total. The number of para-hydroxylation sites is 1. The largest absolute Gasteiger partial charge is 0.496 e. The summed E-state index contributed by atoms with van der Waals surface area (Å²) in [5.41, 5.74) is 9.40. The molecule has 1 unspecified atom stereocenters. The van der Waals surface area contributed by atoms with Gasteiger partial charge in [-0.2, -0.15) is 5.26 Å². The number of benzene rings is 3. The highest BCUT2D eigenvalue weighted by molar-refractivity contribution is 5.73. The average molecular weight is 501 g/mol. The number of aryl methyl sites for hydroxylation is 1. The fourth-order valence-corrected chi connectivity index (χ4v) is 4.41. The SMILES string of the molecule is COc1ccc(C2C(C#N)=C(N)N(c3ccccc3)c3oc(C)nc32)cc1COc1ccc(F)cc1F. The van der Waals surface area contributed by atoms with Crippen LogP contribution in [0.1, 0.15) is 28.6 Å². The number of oxazole rings is 1. The summed E-state index contributed by atoms with van der Waals surface area (Å²) in [7, 11) is 1.51. The number of hydrogen-bond acceptors (Lipinski definition) is 7. The Kier molecular flexibility index (Phi) is 6.24. The summed E-state index contributed by atoms with van der Waals surface area (Å²) < 4.78 is 44.4.